The van der Waals surface area contributed by atoms with Gasteiger partial charge in [-0.3, -0.25) is 0 Å². The SMILES string of the molecule is CNC(Cc1ccc(F)cc1)Cc1cccc(F)c1F. The molecule has 0 radical (unpaired) electrons. The zero-order valence-corrected chi connectivity index (χ0v) is 11.2. The van der Waals surface area contributed by atoms with Gasteiger partial charge in [-0.05, 0) is 49.2 Å². The van der Waals surface area contributed by atoms with Gasteiger partial charge in [-0.15, -0.1) is 0 Å². The van der Waals surface area contributed by atoms with Crippen LogP contribution in [-0.4, -0.2) is 13.1 Å². The smallest absolute Gasteiger partial charge is 0.162 e. The predicted molar refractivity (Wildman–Crippen MR) is 73.0 cm³/mol. The third-order valence-electron chi connectivity index (χ3n) is 3.30. The van der Waals surface area contributed by atoms with Gasteiger partial charge >= 0.3 is 0 Å². The van der Waals surface area contributed by atoms with Gasteiger partial charge in [0, 0.05) is 6.04 Å². The van der Waals surface area contributed by atoms with E-state index in [9.17, 15) is 13.2 Å². The number of nitrogens with one attached hydrogen (secondary N) is 1. The lowest BCUT2D eigenvalue weighted by molar-refractivity contribution is 0.482. The molecule has 106 valence electrons. The molecule has 2 aromatic rings. The van der Waals surface area contributed by atoms with Gasteiger partial charge in [-0.2, -0.15) is 0 Å². The molecule has 1 atom stereocenters. The molecule has 2 rings (SSSR count). The molecule has 0 spiro atoms. The average Bonchev–Trinajstić information content (AvgIpc) is 2.45. The predicted octanol–water partition coefficient (Wildman–Crippen LogP) is 3.48. The number of likely N-dealkylation sites (N-methyl/N-ethyl adjacent to an activating group) is 1. The van der Waals surface area contributed by atoms with Crippen LogP contribution in [-0.2, 0) is 12.8 Å². The summed E-state index contributed by atoms with van der Waals surface area (Å²) in [5.74, 6) is -1.92. The normalized spacial score (nSPS) is 12.4. The summed E-state index contributed by atoms with van der Waals surface area (Å²) in [4.78, 5) is 0. The van der Waals surface area contributed by atoms with Gasteiger partial charge in [0.2, 0.25) is 0 Å². The highest BCUT2D eigenvalue weighted by atomic mass is 19.2. The second-order valence-corrected chi connectivity index (χ2v) is 4.73. The maximum absolute atomic E-state index is 13.6. The summed E-state index contributed by atoms with van der Waals surface area (Å²) < 4.78 is 39.6. The van der Waals surface area contributed by atoms with E-state index < -0.39 is 11.6 Å². The average molecular weight is 279 g/mol. The summed E-state index contributed by atoms with van der Waals surface area (Å²) >= 11 is 0. The van der Waals surface area contributed by atoms with Crippen molar-refractivity contribution in [1.82, 2.24) is 5.32 Å². The molecule has 0 fully saturated rings. The molecule has 2 aromatic carbocycles. The van der Waals surface area contributed by atoms with E-state index >= 15 is 0 Å². The Morgan fingerprint density at radius 1 is 0.950 bits per heavy atom. The van der Waals surface area contributed by atoms with Gasteiger partial charge in [0.05, 0.1) is 0 Å². The molecule has 0 aliphatic rings. The van der Waals surface area contributed by atoms with Crippen LogP contribution < -0.4 is 5.32 Å². The van der Waals surface area contributed by atoms with Crippen molar-refractivity contribution in [2.75, 3.05) is 7.05 Å². The van der Waals surface area contributed by atoms with E-state index in [1.54, 1.807) is 25.2 Å². The first-order valence-electron chi connectivity index (χ1n) is 6.44. The molecular weight excluding hydrogens is 263 g/mol. The third kappa shape index (κ3) is 3.61. The molecule has 0 aliphatic heterocycles. The topological polar surface area (TPSA) is 12.0 Å². The van der Waals surface area contributed by atoms with E-state index in [0.29, 0.717) is 18.4 Å². The van der Waals surface area contributed by atoms with Crippen molar-refractivity contribution in [3.8, 4) is 0 Å². The highest BCUT2D eigenvalue weighted by Gasteiger charge is 2.13. The van der Waals surface area contributed by atoms with E-state index in [2.05, 4.69) is 5.32 Å². The molecule has 0 bridgehead atoms. The molecule has 0 saturated carbocycles. The minimum absolute atomic E-state index is 0.0447. The Hall–Kier alpha value is -1.81. The van der Waals surface area contributed by atoms with Gasteiger partial charge in [-0.25, -0.2) is 13.2 Å². The molecule has 0 heterocycles. The maximum Gasteiger partial charge on any atom is 0.162 e. The van der Waals surface area contributed by atoms with Crippen molar-refractivity contribution >= 4 is 0 Å². The summed E-state index contributed by atoms with van der Waals surface area (Å²) in [6.45, 7) is 0. The molecule has 0 amide bonds. The van der Waals surface area contributed by atoms with Gasteiger partial charge in [0.1, 0.15) is 5.82 Å². The molecule has 0 aliphatic carbocycles. The lowest BCUT2D eigenvalue weighted by Gasteiger charge is -2.17. The Morgan fingerprint density at radius 3 is 2.30 bits per heavy atom. The summed E-state index contributed by atoms with van der Waals surface area (Å²) in [5.41, 5.74) is 1.29. The lowest BCUT2D eigenvalue weighted by atomic mass is 9.98. The van der Waals surface area contributed by atoms with Crippen LogP contribution >= 0.6 is 0 Å². The first-order chi connectivity index (χ1) is 9.60. The Morgan fingerprint density at radius 2 is 1.65 bits per heavy atom. The van der Waals surface area contributed by atoms with Crippen LogP contribution in [0, 0.1) is 17.5 Å². The highest BCUT2D eigenvalue weighted by molar-refractivity contribution is 5.22. The monoisotopic (exact) mass is 279 g/mol. The fraction of sp³-hybridized carbons (Fsp3) is 0.250. The van der Waals surface area contributed by atoms with Crippen molar-refractivity contribution in [2.24, 2.45) is 0 Å². The number of hydrogen-bond acceptors (Lipinski definition) is 1. The van der Waals surface area contributed by atoms with Crippen LogP contribution in [0.2, 0.25) is 0 Å². The largest absolute Gasteiger partial charge is 0.316 e. The minimum Gasteiger partial charge on any atom is -0.316 e. The molecule has 20 heavy (non-hydrogen) atoms. The summed E-state index contributed by atoms with van der Waals surface area (Å²) in [6, 6.07) is 10.3. The molecule has 1 N–H and O–H groups in total. The zero-order chi connectivity index (χ0) is 14.5. The van der Waals surface area contributed by atoms with Crippen LogP contribution in [0.15, 0.2) is 42.5 Å². The molecule has 1 unspecified atom stereocenters. The number of benzene rings is 2. The van der Waals surface area contributed by atoms with Crippen LogP contribution in [0.5, 0.6) is 0 Å². The van der Waals surface area contributed by atoms with Crippen LogP contribution in [0.1, 0.15) is 11.1 Å². The summed E-state index contributed by atoms with van der Waals surface area (Å²) in [6.07, 6.45) is 0.990. The second-order valence-electron chi connectivity index (χ2n) is 4.73. The first-order valence-corrected chi connectivity index (χ1v) is 6.44. The molecule has 0 saturated heterocycles. The third-order valence-corrected chi connectivity index (χ3v) is 3.30. The standard InChI is InChI=1S/C16H16F3N/c1-20-14(9-11-5-7-13(17)8-6-11)10-12-3-2-4-15(18)16(12)19/h2-8,14,20H,9-10H2,1H3. The zero-order valence-electron chi connectivity index (χ0n) is 11.2. The van der Waals surface area contributed by atoms with Crippen LogP contribution in [0.25, 0.3) is 0 Å². The van der Waals surface area contributed by atoms with E-state index in [0.717, 1.165) is 11.6 Å². The fourth-order valence-corrected chi connectivity index (χ4v) is 2.15. The Bertz CT molecular complexity index is 566. The second kappa shape index (κ2) is 6.57. The highest BCUT2D eigenvalue weighted by Crippen LogP contribution is 2.15. The molecule has 0 aromatic heterocycles. The molecule has 4 heteroatoms. The first kappa shape index (κ1) is 14.6. The van der Waals surface area contributed by atoms with Crippen molar-refractivity contribution in [3.63, 3.8) is 0 Å². The number of halogens is 3. The van der Waals surface area contributed by atoms with Gasteiger partial charge < -0.3 is 5.32 Å². The van der Waals surface area contributed by atoms with E-state index in [4.69, 9.17) is 0 Å². The Labute approximate surface area is 116 Å². The Balaban J connectivity index is 2.09. The fourth-order valence-electron chi connectivity index (χ4n) is 2.15. The van der Waals surface area contributed by atoms with E-state index in [1.807, 2.05) is 0 Å². The Kier molecular flexibility index (Phi) is 4.79. The lowest BCUT2D eigenvalue weighted by Crippen LogP contribution is -2.30. The number of hydrogen-bond donors (Lipinski definition) is 1. The molecule has 1 nitrogen and oxygen atoms in total. The van der Waals surface area contributed by atoms with Gasteiger partial charge in [0.15, 0.2) is 11.6 Å². The van der Waals surface area contributed by atoms with E-state index in [1.165, 1.54) is 18.2 Å². The summed E-state index contributed by atoms with van der Waals surface area (Å²) in [5, 5.41) is 3.08. The number of rotatable bonds is 5. The minimum atomic E-state index is -0.834. The molecular formula is C16H16F3N. The van der Waals surface area contributed by atoms with Gasteiger partial charge in [-0.1, -0.05) is 24.3 Å². The maximum atomic E-state index is 13.6. The van der Waals surface area contributed by atoms with Crippen molar-refractivity contribution in [3.05, 3.63) is 71.0 Å². The van der Waals surface area contributed by atoms with Crippen LogP contribution in [0.3, 0.4) is 0 Å². The van der Waals surface area contributed by atoms with Crippen molar-refractivity contribution < 1.29 is 13.2 Å². The van der Waals surface area contributed by atoms with Gasteiger partial charge in [0.25, 0.3) is 0 Å². The quantitative estimate of drug-likeness (QED) is 0.883. The summed E-state index contributed by atoms with van der Waals surface area (Å²) in [7, 11) is 1.77. The van der Waals surface area contributed by atoms with Crippen molar-refractivity contribution in [1.29, 1.82) is 0 Å². The van der Waals surface area contributed by atoms with Crippen molar-refractivity contribution in [2.45, 2.75) is 18.9 Å². The van der Waals surface area contributed by atoms with Crippen LogP contribution in [0.4, 0.5) is 13.2 Å². The van der Waals surface area contributed by atoms with E-state index in [-0.39, 0.29) is 11.9 Å².